The number of halogens is 1. The zero-order chi connectivity index (χ0) is 15.4. The number of aliphatic hydroxyl groups excluding tert-OH is 1. The molecule has 0 bridgehead atoms. The number of aliphatic hydroxyl groups is 1. The summed E-state index contributed by atoms with van der Waals surface area (Å²) >= 11 is 5.82. The lowest BCUT2D eigenvalue weighted by Gasteiger charge is -2.20. The quantitative estimate of drug-likeness (QED) is 0.913. The van der Waals surface area contributed by atoms with E-state index in [1.165, 1.54) is 0 Å². The van der Waals surface area contributed by atoms with E-state index in [-0.39, 0.29) is 5.91 Å². The standard InChI is InChI=1S/C16H17ClN2O2/c1-10-4-3-5-14(18-10)16(21)19-11(2)15(20)12-6-8-13(17)9-7-12/h3-9,11,15,20H,1-2H3,(H,19,21). The number of nitrogens with one attached hydrogen (secondary N) is 1. The molecule has 21 heavy (non-hydrogen) atoms. The Morgan fingerprint density at radius 3 is 2.52 bits per heavy atom. The van der Waals surface area contributed by atoms with Crippen LogP contribution >= 0.6 is 11.6 Å². The molecule has 0 saturated carbocycles. The summed E-state index contributed by atoms with van der Waals surface area (Å²) in [6.45, 7) is 3.57. The molecule has 5 heteroatoms. The zero-order valence-electron chi connectivity index (χ0n) is 11.9. The monoisotopic (exact) mass is 304 g/mol. The molecule has 0 fully saturated rings. The summed E-state index contributed by atoms with van der Waals surface area (Å²) in [4.78, 5) is 16.3. The molecule has 0 aliphatic carbocycles. The maximum Gasteiger partial charge on any atom is 0.270 e. The van der Waals surface area contributed by atoms with E-state index >= 15 is 0 Å². The molecule has 1 heterocycles. The minimum absolute atomic E-state index is 0.306. The number of benzene rings is 1. The highest BCUT2D eigenvalue weighted by Gasteiger charge is 2.19. The van der Waals surface area contributed by atoms with Crippen LogP contribution in [0.5, 0.6) is 0 Å². The second kappa shape index (κ2) is 6.70. The van der Waals surface area contributed by atoms with Gasteiger partial charge in [-0.25, -0.2) is 4.98 Å². The van der Waals surface area contributed by atoms with E-state index in [1.807, 2.05) is 13.0 Å². The first-order valence-corrected chi connectivity index (χ1v) is 7.03. The maximum absolute atomic E-state index is 12.1. The third kappa shape index (κ3) is 4.03. The van der Waals surface area contributed by atoms with Crippen molar-refractivity contribution in [2.45, 2.75) is 26.0 Å². The lowest BCUT2D eigenvalue weighted by molar-refractivity contribution is 0.0847. The molecule has 0 aliphatic rings. The Bertz CT molecular complexity index is 628. The third-order valence-electron chi connectivity index (χ3n) is 3.16. The number of amides is 1. The fraction of sp³-hybridized carbons (Fsp3) is 0.250. The van der Waals surface area contributed by atoms with Gasteiger partial charge in [-0.3, -0.25) is 4.79 Å². The normalized spacial score (nSPS) is 13.5. The smallest absolute Gasteiger partial charge is 0.270 e. The van der Waals surface area contributed by atoms with Crippen LogP contribution in [0.2, 0.25) is 5.02 Å². The fourth-order valence-corrected chi connectivity index (χ4v) is 2.10. The van der Waals surface area contributed by atoms with Gasteiger partial charge in [0.05, 0.1) is 12.1 Å². The predicted molar refractivity (Wildman–Crippen MR) is 82.3 cm³/mol. The summed E-state index contributed by atoms with van der Waals surface area (Å²) < 4.78 is 0. The van der Waals surface area contributed by atoms with Crippen LogP contribution in [0.25, 0.3) is 0 Å². The summed E-state index contributed by atoms with van der Waals surface area (Å²) in [5.41, 5.74) is 1.81. The molecule has 0 aliphatic heterocycles. The Morgan fingerprint density at radius 2 is 1.90 bits per heavy atom. The van der Waals surface area contributed by atoms with Crippen LogP contribution in [0.15, 0.2) is 42.5 Å². The first kappa shape index (κ1) is 15.5. The average molecular weight is 305 g/mol. The van der Waals surface area contributed by atoms with Gasteiger partial charge in [0.2, 0.25) is 0 Å². The van der Waals surface area contributed by atoms with Gasteiger partial charge >= 0.3 is 0 Å². The highest BCUT2D eigenvalue weighted by Crippen LogP contribution is 2.19. The van der Waals surface area contributed by atoms with E-state index in [9.17, 15) is 9.90 Å². The lowest BCUT2D eigenvalue weighted by atomic mass is 10.0. The van der Waals surface area contributed by atoms with Gasteiger partial charge in [-0.05, 0) is 43.7 Å². The number of aryl methyl sites for hydroxylation is 1. The summed E-state index contributed by atoms with van der Waals surface area (Å²) in [5, 5.41) is 13.6. The minimum atomic E-state index is -0.809. The number of hydrogen-bond acceptors (Lipinski definition) is 3. The molecule has 0 spiro atoms. The maximum atomic E-state index is 12.1. The average Bonchev–Trinajstić information content (AvgIpc) is 2.47. The molecule has 1 aromatic carbocycles. The second-order valence-electron chi connectivity index (χ2n) is 4.92. The van der Waals surface area contributed by atoms with Crippen LogP contribution in [0.4, 0.5) is 0 Å². The van der Waals surface area contributed by atoms with Crippen molar-refractivity contribution in [1.82, 2.24) is 10.3 Å². The minimum Gasteiger partial charge on any atom is -0.386 e. The first-order valence-electron chi connectivity index (χ1n) is 6.65. The van der Waals surface area contributed by atoms with Gasteiger partial charge in [0, 0.05) is 10.7 Å². The summed E-state index contributed by atoms with van der Waals surface area (Å²) in [7, 11) is 0. The zero-order valence-corrected chi connectivity index (χ0v) is 12.6. The van der Waals surface area contributed by atoms with Crippen LogP contribution < -0.4 is 5.32 Å². The topological polar surface area (TPSA) is 62.2 Å². The Kier molecular flexibility index (Phi) is 4.94. The van der Waals surface area contributed by atoms with Gasteiger partial charge in [-0.2, -0.15) is 0 Å². The molecule has 2 atom stereocenters. The van der Waals surface area contributed by atoms with Gasteiger partial charge in [0.25, 0.3) is 5.91 Å². The van der Waals surface area contributed by atoms with E-state index in [1.54, 1.807) is 43.3 Å². The molecule has 0 radical (unpaired) electrons. The van der Waals surface area contributed by atoms with Gasteiger partial charge < -0.3 is 10.4 Å². The van der Waals surface area contributed by atoms with Crippen molar-refractivity contribution >= 4 is 17.5 Å². The number of hydrogen-bond donors (Lipinski definition) is 2. The molecule has 110 valence electrons. The molecule has 2 rings (SSSR count). The molecule has 4 nitrogen and oxygen atoms in total. The molecule has 2 aromatic rings. The molecular formula is C16H17ClN2O2. The van der Waals surface area contributed by atoms with Crippen molar-refractivity contribution in [2.75, 3.05) is 0 Å². The molecule has 1 amide bonds. The number of pyridine rings is 1. The number of carbonyl (C=O) groups is 1. The Morgan fingerprint density at radius 1 is 1.24 bits per heavy atom. The number of carbonyl (C=O) groups excluding carboxylic acids is 1. The van der Waals surface area contributed by atoms with Crippen molar-refractivity contribution < 1.29 is 9.90 Å². The largest absolute Gasteiger partial charge is 0.386 e. The van der Waals surface area contributed by atoms with Crippen molar-refractivity contribution in [2.24, 2.45) is 0 Å². The first-order chi connectivity index (χ1) is 9.97. The van der Waals surface area contributed by atoms with E-state index in [2.05, 4.69) is 10.3 Å². The van der Waals surface area contributed by atoms with E-state index in [0.29, 0.717) is 16.3 Å². The highest BCUT2D eigenvalue weighted by molar-refractivity contribution is 6.30. The Labute approximate surface area is 128 Å². The SMILES string of the molecule is Cc1cccc(C(=O)NC(C)C(O)c2ccc(Cl)cc2)n1. The van der Waals surface area contributed by atoms with Gasteiger partial charge in [-0.1, -0.05) is 29.8 Å². The van der Waals surface area contributed by atoms with Crippen molar-refractivity contribution in [3.05, 3.63) is 64.4 Å². The van der Waals surface area contributed by atoms with Crippen LogP contribution in [-0.2, 0) is 0 Å². The number of nitrogens with zero attached hydrogens (tertiary/aromatic N) is 1. The summed E-state index contributed by atoms with van der Waals surface area (Å²) in [6, 6.07) is 11.7. The Hall–Kier alpha value is -1.91. The highest BCUT2D eigenvalue weighted by atomic mass is 35.5. The van der Waals surface area contributed by atoms with E-state index in [0.717, 1.165) is 5.69 Å². The number of aromatic nitrogens is 1. The van der Waals surface area contributed by atoms with Crippen LogP contribution in [-0.4, -0.2) is 22.0 Å². The van der Waals surface area contributed by atoms with Crippen molar-refractivity contribution in [3.8, 4) is 0 Å². The van der Waals surface area contributed by atoms with Crippen molar-refractivity contribution in [3.63, 3.8) is 0 Å². The van der Waals surface area contributed by atoms with Gasteiger partial charge in [0.1, 0.15) is 5.69 Å². The predicted octanol–water partition coefficient (Wildman–Crippen LogP) is 2.90. The van der Waals surface area contributed by atoms with Gasteiger partial charge in [-0.15, -0.1) is 0 Å². The van der Waals surface area contributed by atoms with E-state index < -0.39 is 12.1 Å². The number of rotatable bonds is 4. The van der Waals surface area contributed by atoms with Crippen LogP contribution in [0.3, 0.4) is 0 Å². The molecule has 2 unspecified atom stereocenters. The second-order valence-corrected chi connectivity index (χ2v) is 5.36. The third-order valence-corrected chi connectivity index (χ3v) is 3.42. The molecular weight excluding hydrogens is 288 g/mol. The molecule has 1 aromatic heterocycles. The van der Waals surface area contributed by atoms with Gasteiger partial charge in [0.15, 0.2) is 0 Å². The van der Waals surface area contributed by atoms with Crippen molar-refractivity contribution in [1.29, 1.82) is 0 Å². The van der Waals surface area contributed by atoms with E-state index in [4.69, 9.17) is 11.6 Å². The summed E-state index contributed by atoms with van der Waals surface area (Å²) in [6.07, 6.45) is -0.809. The fourth-order valence-electron chi connectivity index (χ4n) is 1.98. The molecule has 0 saturated heterocycles. The molecule has 2 N–H and O–H groups in total. The summed E-state index contributed by atoms with van der Waals surface area (Å²) in [5.74, 6) is -0.306. The van der Waals surface area contributed by atoms with Crippen LogP contribution in [0, 0.1) is 6.92 Å². The lowest BCUT2D eigenvalue weighted by Crippen LogP contribution is -2.37. The van der Waals surface area contributed by atoms with Crippen LogP contribution in [0.1, 0.15) is 34.8 Å². The Balaban J connectivity index is 2.05.